The SMILES string of the molecule is O=C(OF)C(F)C=Cc1cc(F)cc(F)c1. The van der Waals surface area contributed by atoms with Crippen LogP contribution in [0.1, 0.15) is 5.56 Å². The highest BCUT2D eigenvalue weighted by Gasteiger charge is 2.15. The fourth-order valence-corrected chi connectivity index (χ4v) is 0.988. The predicted molar refractivity (Wildman–Crippen MR) is 47.5 cm³/mol. The Morgan fingerprint density at radius 2 is 1.81 bits per heavy atom. The van der Waals surface area contributed by atoms with Crippen molar-refractivity contribution >= 4 is 12.0 Å². The molecule has 0 aromatic heterocycles. The van der Waals surface area contributed by atoms with Crippen LogP contribution in [0.5, 0.6) is 0 Å². The van der Waals surface area contributed by atoms with Gasteiger partial charge < -0.3 is 0 Å². The molecule has 1 aromatic rings. The topological polar surface area (TPSA) is 26.3 Å². The molecule has 0 fully saturated rings. The third-order valence-electron chi connectivity index (χ3n) is 1.64. The number of halogens is 4. The maximum absolute atomic E-state index is 12.7. The maximum atomic E-state index is 12.7. The summed E-state index contributed by atoms with van der Waals surface area (Å²) in [5.41, 5.74) is 0.00630. The van der Waals surface area contributed by atoms with Crippen LogP contribution in [0.25, 0.3) is 6.08 Å². The Labute approximate surface area is 88.0 Å². The summed E-state index contributed by atoms with van der Waals surface area (Å²) < 4.78 is 49.3. The van der Waals surface area contributed by atoms with E-state index in [2.05, 4.69) is 4.94 Å². The average molecular weight is 234 g/mol. The highest BCUT2D eigenvalue weighted by Crippen LogP contribution is 2.10. The first-order valence-corrected chi connectivity index (χ1v) is 4.13. The molecule has 0 saturated heterocycles. The number of carbonyl (C=O) groups excluding carboxylic acids is 1. The minimum atomic E-state index is -2.32. The molecule has 86 valence electrons. The third-order valence-corrected chi connectivity index (χ3v) is 1.64. The van der Waals surface area contributed by atoms with Gasteiger partial charge in [-0.25, -0.2) is 18.0 Å². The minimum Gasteiger partial charge on any atom is -0.251 e. The number of benzene rings is 1. The molecule has 0 bridgehead atoms. The summed E-state index contributed by atoms with van der Waals surface area (Å²) in [4.78, 5) is 12.9. The van der Waals surface area contributed by atoms with E-state index in [0.717, 1.165) is 18.2 Å². The first kappa shape index (κ1) is 12.2. The van der Waals surface area contributed by atoms with Crippen LogP contribution in [0.4, 0.5) is 17.7 Å². The molecule has 0 amide bonds. The van der Waals surface area contributed by atoms with Gasteiger partial charge in [-0.3, -0.25) is 4.94 Å². The number of hydrogen-bond donors (Lipinski definition) is 0. The molecule has 0 heterocycles. The molecule has 0 aliphatic rings. The first-order chi connectivity index (χ1) is 7.52. The lowest BCUT2D eigenvalue weighted by Crippen LogP contribution is -2.12. The zero-order valence-electron chi connectivity index (χ0n) is 7.79. The van der Waals surface area contributed by atoms with E-state index in [-0.39, 0.29) is 5.56 Å². The molecule has 2 nitrogen and oxygen atoms in total. The standard InChI is InChI=1S/C10H6F4O2/c11-7-3-6(4-8(12)5-7)1-2-9(13)10(15)16-14/h1-5,9H. The van der Waals surface area contributed by atoms with E-state index in [1.165, 1.54) is 0 Å². The summed E-state index contributed by atoms with van der Waals surface area (Å²) >= 11 is 0. The minimum absolute atomic E-state index is 0.00630. The third kappa shape index (κ3) is 3.38. The van der Waals surface area contributed by atoms with Crippen LogP contribution in [0, 0.1) is 11.6 Å². The van der Waals surface area contributed by atoms with Gasteiger partial charge in [0.15, 0.2) is 0 Å². The molecule has 0 aliphatic heterocycles. The summed E-state index contributed by atoms with van der Waals surface area (Å²) in [7, 11) is 0. The zero-order chi connectivity index (χ0) is 12.1. The van der Waals surface area contributed by atoms with Gasteiger partial charge in [0.05, 0.1) is 0 Å². The summed E-state index contributed by atoms with van der Waals surface area (Å²) in [5, 5.41) is 0. The van der Waals surface area contributed by atoms with Gasteiger partial charge in [-0.2, -0.15) is 0 Å². The second-order valence-electron chi connectivity index (χ2n) is 2.86. The van der Waals surface area contributed by atoms with Crippen LogP contribution in [0.15, 0.2) is 24.3 Å². The van der Waals surface area contributed by atoms with Crippen LogP contribution >= 0.6 is 0 Å². The van der Waals surface area contributed by atoms with E-state index in [0.29, 0.717) is 12.1 Å². The lowest BCUT2D eigenvalue weighted by atomic mass is 10.2. The lowest BCUT2D eigenvalue weighted by molar-refractivity contribution is -0.187. The van der Waals surface area contributed by atoms with Crippen molar-refractivity contribution in [2.45, 2.75) is 6.17 Å². The molecule has 0 spiro atoms. The second kappa shape index (κ2) is 5.29. The molecule has 0 N–H and O–H groups in total. The van der Waals surface area contributed by atoms with E-state index in [4.69, 9.17) is 0 Å². The number of rotatable bonds is 3. The smallest absolute Gasteiger partial charge is 0.251 e. The molecule has 1 rings (SSSR count). The van der Waals surface area contributed by atoms with E-state index < -0.39 is 23.8 Å². The van der Waals surface area contributed by atoms with Gasteiger partial charge in [0.2, 0.25) is 6.17 Å². The molecule has 0 radical (unpaired) electrons. The van der Waals surface area contributed by atoms with Gasteiger partial charge >= 0.3 is 5.97 Å². The van der Waals surface area contributed by atoms with Gasteiger partial charge in [0.1, 0.15) is 11.6 Å². The number of hydrogen-bond acceptors (Lipinski definition) is 2. The Hall–Kier alpha value is -1.85. The van der Waals surface area contributed by atoms with Crippen molar-refractivity contribution in [2.75, 3.05) is 0 Å². The van der Waals surface area contributed by atoms with E-state index in [1.807, 2.05) is 0 Å². The zero-order valence-corrected chi connectivity index (χ0v) is 7.79. The fourth-order valence-electron chi connectivity index (χ4n) is 0.988. The van der Waals surface area contributed by atoms with Crippen molar-refractivity contribution in [3.63, 3.8) is 0 Å². The summed E-state index contributed by atoms with van der Waals surface area (Å²) in [6, 6.07) is 2.49. The molecule has 6 heteroatoms. The Bertz CT molecular complexity index is 397. The predicted octanol–water partition coefficient (Wildman–Crippen LogP) is 2.74. The maximum Gasteiger partial charge on any atom is 0.386 e. The van der Waals surface area contributed by atoms with E-state index in [9.17, 15) is 22.5 Å². The van der Waals surface area contributed by atoms with Crippen LogP contribution in [-0.4, -0.2) is 12.1 Å². The van der Waals surface area contributed by atoms with Crippen molar-refractivity contribution in [2.24, 2.45) is 0 Å². The molecule has 0 aliphatic carbocycles. The fraction of sp³-hybridized carbons (Fsp3) is 0.100. The molecular weight excluding hydrogens is 228 g/mol. The quantitative estimate of drug-likeness (QED) is 0.751. The van der Waals surface area contributed by atoms with Gasteiger partial charge in [-0.1, -0.05) is 6.08 Å². The molecule has 1 unspecified atom stereocenters. The van der Waals surface area contributed by atoms with Crippen molar-refractivity contribution in [1.29, 1.82) is 0 Å². The monoisotopic (exact) mass is 234 g/mol. The first-order valence-electron chi connectivity index (χ1n) is 4.13. The van der Waals surface area contributed by atoms with Crippen molar-refractivity contribution in [3.8, 4) is 0 Å². The Kier molecular flexibility index (Phi) is 4.04. The lowest BCUT2D eigenvalue weighted by Gasteiger charge is -1.97. The van der Waals surface area contributed by atoms with Crippen molar-refractivity contribution in [1.82, 2.24) is 0 Å². The van der Waals surface area contributed by atoms with Crippen LogP contribution in [0.3, 0.4) is 0 Å². The summed E-state index contributed by atoms with van der Waals surface area (Å²) in [5.74, 6) is -3.42. The largest absolute Gasteiger partial charge is 0.386 e. The Morgan fingerprint density at radius 1 is 1.25 bits per heavy atom. The molecular formula is C10H6F4O2. The molecule has 1 atom stereocenters. The van der Waals surface area contributed by atoms with Gasteiger partial charge in [0.25, 0.3) is 0 Å². The normalized spacial score (nSPS) is 12.8. The van der Waals surface area contributed by atoms with Gasteiger partial charge in [0, 0.05) is 10.6 Å². The molecule has 0 saturated carbocycles. The van der Waals surface area contributed by atoms with Gasteiger partial charge in [-0.05, 0) is 23.8 Å². The number of alkyl halides is 1. The van der Waals surface area contributed by atoms with E-state index in [1.54, 1.807) is 0 Å². The van der Waals surface area contributed by atoms with Crippen LogP contribution in [0.2, 0.25) is 0 Å². The number of carbonyl (C=O) groups is 1. The molecule has 1 aromatic carbocycles. The molecule has 16 heavy (non-hydrogen) atoms. The Balaban J connectivity index is 2.80. The average Bonchev–Trinajstić information content (AvgIpc) is 2.23. The highest BCUT2D eigenvalue weighted by molar-refractivity contribution is 5.77. The van der Waals surface area contributed by atoms with Crippen LogP contribution in [-0.2, 0) is 9.74 Å². The Morgan fingerprint density at radius 3 is 2.31 bits per heavy atom. The summed E-state index contributed by atoms with van der Waals surface area (Å²) in [6.45, 7) is 0. The second-order valence-corrected chi connectivity index (χ2v) is 2.86. The van der Waals surface area contributed by atoms with Crippen molar-refractivity contribution < 1.29 is 27.4 Å². The van der Waals surface area contributed by atoms with Crippen molar-refractivity contribution in [3.05, 3.63) is 41.5 Å². The van der Waals surface area contributed by atoms with E-state index >= 15 is 0 Å². The highest BCUT2D eigenvalue weighted by atomic mass is 19.3. The van der Waals surface area contributed by atoms with Crippen LogP contribution < -0.4 is 0 Å². The van der Waals surface area contributed by atoms with Gasteiger partial charge in [-0.15, -0.1) is 0 Å². The summed E-state index contributed by atoms with van der Waals surface area (Å²) in [6.07, 6.45) is -0.763.